The van der Waals surface area contributed by atoms with Crippen LogP contribution in [0.4, 0.5) is 0 Å². The van der Waals surface area contributed by atoms with Crippen LogP contribution in [0.2, 0.25) is 0 Å². The van der Waals surface area contributed by atoms with Crippen molar-refractivity contribution in [2.75, 3.05) is 0 Å². The Morgan fingerprint density at radius 3 is 1.20 bits per heavy atom. The van der Waals surface area contributed by atoms with Crippen molar-refractivity contribution in [3.63, 3.8) is 0 Å². The van der Waals surface area contributed by atoms with Gasteiger partial charge in [0, 0.05) is 12.1 Å². The Hall–Kier alpha value is -0.0400. The number of hydrogen-bond donors (Lipinski definition) is 0. The van der Waals surface area contributed by atoms with Crippen LogP contribution < -0.4 is 5.32 Å². The van der Waals surface area contributed by atoms with E-state index < -0.39 is 0 Å². The van der Waals surface area contributed by atoms with Gasteiger partial charge in [0.05, 0.1) is 0 Å². The fraction of sp³-hybridized carbons (Fsp3) is 1.00. The molecule has 91 valence electrons. The van der Waals surface area contributed by atoms with Gasteiger partial charge in [0.2, 0.25) is 0 Å². The molecule has 0 aromatic carbocycles. The third-order valence-corrected chi connectivity index (χ3v) is 2.83. The van der Waals surface area contributed by atoms with E-state index in [0.29, 0.717) is 12.1 Å². The maximum absolute atomic E-state index is 4.82. The Bertz CT molecular complexity index is 124. The summed E-state index contributed by atoms with van der Waals surface area (Å²) in [6.07, 6.45) is 5.12. The number of hydrogen-bond acceptors (Lipinski definition) is 0. The quantitative estimate of drug-likeness (QED) is 0.571. The van der Waals surface area contributed by atoms with Crippen LogP contribution in [-0.2, 0) is 0 Å². The highest BCUT2D eigenvalue weighted by Crippen LogP contribution is 2.11. The average Bonchev–Trinajstić information content (AvgIpc) is 2.11. The van der Waals surface area contributed by atoms with Crippen LogP contribution in [-0.4, -0.2) is 12.1 Å². The molecule has 0 saturated heterocycles. The predicted molar refractivity (Wildman–Crippen MR) is 69.2 cm³/mol. The van der Waals surface area contributed by atoms with Gasteiger partial charge < -0.3 is 0 Å². The monoisotopic (exact) mass is 212 g/mol. The first kappa shape index (κ1) is 15.0. The van der Waals surface area contributed by atoms with Crippen molar-refractivity contribution in [2.45, 2.75) is 79.3 Å². The second-order valence-corrected chi connectivity index (χ2v) is 5.79. The molecular weight excluding hydrogens is 182 g/mol. The Labute approximate surface area is 97.0 Å². The highest BCUT2D eigenvalue weighted by atomic mass is 14.9. The molecular formula is C14H30N. The molecule has 1 nitrogen and oxygen atoms in total. The summed E-state index contributed by atoms with van der Waals surface area (Å²) in [6.45, 7) is 13.7. The molecule has 15 heavy (non-hydrogen) atoms. The summed E-state index contributed by atoms with van der Waals surface area (Å²) in [5.41, 5.74) is 0. The SMILES string of the molecule is CC(C)CCC(C)[N]C(C)CCC(C)C. The molecule has 0 aliphatic rings. The Morgan fingerprint density at radius 1 is 0.600 bits per heavy atom. The third kappa shape index (κ3) is 10.2. The van der Waals surface area contributed by atoms with Crippen molar-refractivity contribution in [1.29, 1.82) is 0 Å². The highest BCUT2D eigenvalue weighted by Gasteiger charge is 2.10. The summed E-state index contributed by atoms with van der Waals surface area (Å²) in [6, 6.07) is 1.10. The van der Waals surface area contributed by atoms with Crippen molar-refractivity contribution in [3.8, 4) is 0 Å². The van der Waals surface area contributed by atoms with E-state index in [4.69, 9.17) is 5.32 Å². The zero-order chi connectivity index (χ0) is 11.8. The van der Waals surface area contributed by atoms with E-state index in [1.807, 2.05) is 0 Å². The zero-order valence-electron chi connectivity index (χ0n) is 11.6. The summed E-state index contributed by atoms with van der Waals surface area (Å²) < 4.78 is 0. The Balaban J connectivity index is 3.52. The van der Waals surface area contributed by atoms with Crippen molar-refractivity contribution in [1.82, 2.24) is 5.32 Å². The van der Waals surface area contributed by atoms with E-state index in [1.165, 1.54) is 25.7 Å². The van der Waals surface area contributed by atoms with Gasteiger partial charge in [-0.05, 0) is 51.4 Å². The smallest absolute Gasteiger partial charge is 0.0221 e. The van der Waals surface area contributed by atoms with Gasteiger partial charge in [-0.25, -0.2) is 5.32 Å². The van der Waals surface area contributed by atoms with Crippen LogP contribution in [0.25, 0.3) is 0 Å². The third-order valence-electron chi connectivity index (χ3n) is 2.83. The first-order valence-electron chi connectivity index (χ1n) is 6.61. The van der Waals surface area contributed by atoms with Crippen LogP contribution in [0.3, 0.4) is 0 Å². The lowest BCUT2D eigenvalue weighted by atomic mass is 10.0. The Morgan fingerprint density at radius 2 is 0.933 bits per heavy atom. The first-order valence-corrected chi connectivity index (χ1v) is 6.61. The minimum absolute atomic E-state index is 0.551. The van der Waals surface area contributed by atoms with Gasteiger partial charge >= 0.3 is 0 Å². The largest absolute Gasteiger partial charge is 0.236 e. The molecule has 0 aliphatic carbocycles. The fourth-order valence-corrected chi connectivity index (χ4v) is 1.73. The lowest BCUT2D eigenvalue weighted by Gasteiger charge is -2.19. The summed E-state index contributed by atoms with van der Waals surface area (Å²) >= 11 is 0. The van der Waals surface area contributed by atoms with Crippen molar-refractivity contribution in [2.24, 2.45) is 11.8 Å². The first-order chi connectivity index (χ1) is 6.91. The molecule has 0 N–H and O–H groups in total. The van der Waals surface area contributed by atoms with Crippen LogP contribution >= 0.6 is 0 Å². The normalized spacial score (nSPS) is 16.0. The summed E-state index contributed by atoms with van der Waals surface area (Å²) in [7, 11) is 0. The van der Waals surface area contributed by atoms with Crippen LogP contribution in [0.15, 0.2) is 0 Å². The number of nitrogens with zero attached hydrogens (tertiary/aromatic N) is 1. The van der Waals surface area contributed by atoms with E-state index in [-0.39, 0.29) is 0 Å². The lowest BCUT2D eigenvalue weighted by molar-refractivity contribution is 0.373. The highest BCUT2D eigenvalue weighted by molar-refractivity contribution is 4.68. The standard InChI is InChI=1S/C14H30N/c1-11(2)7-9-13(5)15-14(6)10-8-12(3)4/h11-14H,7-10H2,1-6H3. The average molecular weight is 212 g/mol. The van der Waals surface area contributed by atoms with Gasteiger partial charge in [-0.2, -0.15) is 0 Å². The van der Waals surface area contributed by atoms with Crippen molar-refractivity contribution < 1.29 is 0 Å². The summed E-state index contributed by atoms with van der Waals surface area (Å²) in [4.78, 5) is 0. The van der Waals surface area contributed by atoms with Gasteiger partial charge in [0.15, 0.2) is 0 Å². The molecule has 0 amide bonds. The second-order valence-electron chi connectivity index (χ2n) is 5.79. The van der Waals surface area contributed by atoms with E-state index in [0.717, 1.165) is 11.8 Å². The van der Waals surface area contributed by atoms with Crippen LogP contribution in [0.5, 0.6) is 0 Å². The topological polar surface area (TPSA) is 14.1 Å². The van der Waals surface area contributed by atoms with Crippen LogP contribution in [0.1, 0.15) is 67.2 Å². The van der Waals surface area contributed by atoms with Crippen LogP contribution in [0, 0.1) is 11.8 Å². The molecule has 1 heteroatoms. The van der Waals surface area contributed by atoms with Crippen molar-refractivity contribution in [3.05, 3.63) is 0 Å². The van der Waals surface area contributed by atoms with Crippen molar-refractivity contribution >= 4 is 0 Å². The molecule has 1 radical (unpaired) electrons. The zero-order valence-corrected chi connectivity index (χ0v) is 11.6. The minimum Gasteiger partial charge on any atom is -0.236 e. The molecule has 2 atom stereocenters. The number of rotatable bonds is 8. The second kappa shape index (κ2) is 8.15. The van der Waals surface area contributed by atoms with Gasteiger partial charge in [0.1, 0.15) is 0 Å². The molecule has 0 bridgehead atoms. The van der Waals surface area contributed by atoms with E-state index in [9.17, 15) is 0 Å². The van der Waals surface area contributed by atoms with E-state index in [1.54, 1.807) is 0 Å². The van der Waals surface area contributed by atoms with Gasteiger partial charge in [-0.1, -0.05) is 27.7 Å². The Kier molecular flexibility index (Phi) is 8.13. The summed E-state index contributed by atoms with van der Waals surface area (Å²) in [5, 5.41) is 4.82. The van der Waals surface area contributed by atoms with E-state index >= 15 is 0 Å². The molecule has 2 unspecified atom stereocenters. The maximum atomic E-state index is 4.82. The molecule has 0 aliphatic heterocycles. The predicted octanol–water partition coefficient (Wildman–Crippen LogP) is 4.24. The van der Waals surface area contributed by atoms with Gasteiger partial charge in [-0.15, -0.1) is 0 Å². The molecule has 0 saturated carbocycles. The summed E-state index contributed by atoms with van der Waals surface area (Å²) in [5.74, 6) is 1.63. The van der Waals surface area contributed by atoms with Gasteiger partial charge in [0.25, 0.3) is 0 Å². The minimum atomic E-state index is 0.551. The van der Waals surface area contributed by atoms with E-state index in [2.05, 4.69) is 41.5 Å². The van der Waals surface area contributed by atoms with Gasteiger partial charge in [-0.3, -0.25) is 0 Å². The molecule has 0 rings (SSSR count). The molecule has 0 aromatic heterocycles. The molecule has 0 heterocycles. The molecule has 0 aromatic rings. The maximum Gasteiger partial charge on any atom is 0.0221 e. The lowest BCUT2D eigenvalue weighted by Crippen LogP contribution is -2.27. The molecule has 0 fully saturated rings. The molecule has 0 spiro atoms. The fourth-order valence-electron chi connectivity index (χ4n) is 1.73.